The lowest BCUT2D eigenvalue weighted by atomic mass is 10.0. The molecule has 0 rings (SSSR count). The fourth-order valence-corrected chi connectivity index (χ4v) is 4.64. The molecule has 0 unspecified atom stereocenters. The predicted octanol–water partition coefficient (Wildman–Crippen LogP) is 8.38. The van der Waals surface area contributed by atoms with Crippen LogP contribution >= 0.6 is 0 Å². The van der Waals surface area contributed by atoms with Crippen molar-refractivity contribution in [3.63, 3.8) is 0 Å². The quantitative estimate of drug-likeness (QED) is 0.0967. The lowest BCUT2D eigenvalue weighted by molar-refractivity contribution is 0.412. The first-order valence-corrected chi connectivity index (χ1v) is 15.5. The number of nitrogens with one attached hydrogen (secondary N) is 3. The highest BCUT2D eigenvalue weighted by atomic mass is 14.9. The van der Waals surface area contributed by atoms with Gasteiger partial charge in [-0.2, -0.15) is 0 Å². The molecule has 33 heavy (non-hydrogen) atoms. The first-order valence-electron chi connectivity index (χ1n) is 15.5. The molecular weight excluding hydrogens is 402 g/mol. The van der Waals surface area contributed by atoms with Crippen molar-refractivity contribution < 1.29 is 0 Å². The van der Waals surface area contributed by atoms with E-state index in [1.165, 1.54) is 168 Å². The molecule has 0 aliphatic rings. The largest absolute Gasteiger partial charge is 0.317 e. The van der Waals surface area contributed by atoms with Crippen molar-refractivity contribution in [3.05, 3.63) is 0 Å². The molecule has 0 aromatic rings. The van der Waals surface area contributed by atoms with Crippen LogP contribution in [0.25, 0.3) is 0 Å². The van der Waals surface area contributed by atoms with Gasteiger partial charge in [-0.05, 0) is 77.7 Å². The van der Waals surface area contributed by atoms with Crippen LogP contribution in [0.4, 0.5) is 0 Å². The molecule has 3 nitrogen and oxygen atoms in total. The van der Waals surface area contributed by atoms with E-state index in [-0.39, 0.29) is 0 Å². The van der Waals surface area contributed by atoms with E-state index in [1.54, 1.807) is 0 Å². The number of rotatable bonds is 29. The van der Waals surface area contributed by atoms with E-state index in [9.17, 15) is 0 Å². The summed E-state index contributed by atoms with van der Waals surface area (Å²) in [6.45, 7) is 12.9. The van der Waals surface area contributed by atoms with Crippen LogP contribution in [-0.2, 0) is 0 Å². The van der Waals surface area contributed by atoms with Gasteiger partial charge >= 0.3 is 0 Å². The first-order chi connectivity index (χ1) is 16.3. The van der Waals surface area contributed by atoms with Crippen molar-refractivity contribution >= 4 is 0 Å². The summed E-state index contributed by atoms with van der Waals surface area (Å²) in [5, 5.41) is 11.3. The van der Waals surface area contributed by atoms with E-state index >= 15 is 0 Å². The third kappa shape index (κ3) is 28.0. The third-order valence-electron chi connectivity index (χ3n) is 6.94. The monoisotopic (exact) mass is 468 g/mol. The molecule has 0 fully saturated rings. The smallest absolute Gasteiger partial charge is 0.00680 e. The molecule has 0 heterocycles. The molecule has 0 aliphatic heterocycles. The molecule has 0 saturated heterocycles. The molecule has 0 aliphatic carbocycles. The van der Waals surface area contributed by atoms with Gasteiger partial charge < -0.3 is 16.0 Å². The Morgan fingerprint density at radius 2 is 0.697 bits per heavy atom. The van der Waals surface area contributed by atoms with Gasteiger partial charge in [0.1, 0.15) is 0 Å². The summed E-state index contributed by atoms with van der Waals surface area (Å²) in [6, 6.07) is 0.711. The third-order valence-corrected chi connectivity index (χ3v) is 6.94. The molecule has 0 radical (unpaired) electrons. The summed E-state index contributed by atoms with van der Waals surface area (Å²) in [5.41, 5.74) is 0. The first kappa shape index (κ1) is 32.9. The van der Waals surface area contributed by atoms with Crippen molar-refractivity contribution in [1.29, 1.82) is 0 Å². The van der Waals surface area contributed by atoms with Crippen molar-refractivity contribution in [2.45, 2.75) is 162 Å². The fourth-order valence-electron chi connectivity index (χ4n) is 4.64. The average molecular weight is 468 g/mol. The lowest BCUT2D eigenvalue weighted by Gasteiger charge is -2.19. The minimum atomic E-state index is 0.711. The van der Waals surface area contributed by atoms with Gasteiger partial charge in [0.2, 0.25) is 0 Å². The average Bonchev–Trinajstić information content (AvgIpc) is 2.83. The van der Waals surface area contributed by atoms with Gasteiger partial charge in [0, 0.05) is 6.04 Å². The highest BCUT2D eigenvalue weighted by Crippen LogP contribution is 2.08. The Bertz CT molecular complexity index is 311. The van der Waals surface area contributed by atoms with Crippen LogP contribution in [-0.4, -0.2) is 38.8 Å². The van der Waals surface area contributed by atoms with Gasteiger partial charge in [0.15, 0.2) is 0 Å². The molecule has 0 saturated carbocycles. The molecule has 3 N–H and O–H groups in total. The Balaban J connectivity index is 3.79. The summed E-state index contributed by atoms with van der Waals surface area (Å²) in [7, 11) is 0. The van der Waals surface area contributed by atoms with Crippen LogP contribution in [0.2, 0.25) is 0 Å². The minimum Gasteiger partial charge on any atom is -0.317 e. The summed E-state index contributed by atoms with van der Waals surface area (Å²) in [6.07, 6.45) is 28.9. The highest BCUT2D eigenvalue weighted by Gasteiger charge is 2.07. The Morgan fingerprint density at radius 3 is 1.12 bits per heavy atom. The normalized spacial score (nSPS) is 11.6. The Kier molecular flexibility index (Phi) is 29.8. The zero-order chi connectivity index (χ0) is 24.1. The Morgan fingerprint density at radius 1 is 0.364 bits per heavy atom. The lowest BCUT2D eigenvalue weighted by Crippen LogP contribution is -2.32. The summed E-state index contributed by atoms with van der Waals surface area (Å²) in [4.78, 5) is 0. The maximum Gasteiger partial charge on any atom is 0.00680 e. The second kappa shape index (κ2) is 29.9. The highest BCUT2D eigenvalue weighted by molar-refractivity contribution is 4.69. The van der Waals surface area contributed by atoms with Crippen molar-refractivity contribution in [2.75, 3.05) is 32.7 Å². The molecule has 0 amide bonds. The summed E-state index contributed by atoms with van der Waals surface area (Å²) >= 11 is 0. The molecule has 200 valence electrons. The van der Waals surface area contributed by atoms with Crippen LogP contribution in [0, 0.1) is 0 Å². The van der Waals surface area contributed by atoms with Gasteiger partial charge in [-0.25, -0.2) is 0 Å². The molecule has 0 atom stereocenters. The van der Waals surface area contributed by atoms with E-state index in [0.717, 1.165) is 0 Å². The Hall–Kier alpha value is -0.120. The number of hydrogen-bond donors (Lipinski definition) is 3. The summed E-state index contributed by atoms with van der Waals surface area (Å²) in [5.74, 6) is 0. The number of unbranched alkanes of at least 4 members (excludes halogenated alkanes) is 14. The minimum absolute atomic E-state index is 0.711. The molecule has 0 aromatic heterocycles. The van der Waals surface area contributed by atoms with Crippen LogP contribution in [0.5, 0.6) is 0 Å². The second-order valence-electron chi connectivity index (χ2n) is 10.4. The van der Waals surface area contributed by atoms with Crippen molar-refractivity contribution in [3.8, 4) is 0 Å². The maximum atomic E-state index is 3.90. The Labute approximate surface area is 210 Å². The summed E-state index contributed by atoms with van der Waals surface area (Å²) < 4.78 is 0. The predicted molar refractivity (Wildman–Crippen MR) is 152 cm³/mol. The fraction of sp³-hybridized carbons (Fsp3) is 1.00. The zero-order valence-corrected chi connectivity index (χ0v) is 23.5. The molecule has 0 spiro atoms. The molecule has 0 bridgehead atoms. The van der Waals surface area contributed by atoms with E-state index < -0.39 is 0 Å². The second-order valence-corrected chi connectivity index (χ2v) is 10.4. The SMILES string of the molecule is CCCCCCCCNCCCC(CCCNCCCCCCCC)NCCCCCCC. The van der Waals surface area contributed by atoms with Crippen LogP contribution in [0.1, 0.15) is 156 Å². The van der Waals surface area contributed by atoms with Gasteiger partial charge in [-0.15, -0.1) is 0 Å². The standard InChI is InChI=1S/C30H65N3/c1-4-7-10-13-16-18-25-31-27-21-23-30(33-29-20-15-12-9-6-3)24-22-28-32-26-19-17-14-11-8-5-2/h30-33H,4-29H2,1-3H3. The van der Waals surface area contributed by atoms with Gasteiger partial charge in [0.05, 0.1) is 0 Å². The zero-order valence-electron chi connectivity index (χ0n) is 23.5. The van der Waals surface area contributed by atoms with E-state index in [2.05, 4.69) is 36.7 Å². The molecular formula is C30H65N3. The van der Waals surface area contributed by atoms with Crippen LogP contribution in [0.15, 0.2) is 0 Å². The van der Waals surface area contributed by atoms with E-state index in [1.807, 2.05) is 0 Å². The van der Waals surface area contributed by atoms with Crippen molar-refractivity contribution in [1.82, 2.24) is 16.0 Å². The van der Waals surface area contributed by atoms with Crippen molar-refractivity contribution in [2.24, 2.45) is 0 Å². The topological polar surface area (TPSA) is 36.1 Å². The van der Waals surface area contributed by atoms with E-state index in [4.69, 9.17) is 0 Å². The van der Waals surface area contributed by atoms with Gasteiger partial charge in [-0.1, -0.05) is 111 Å². The van der Waals surface area contributed by atoms with Crippen LogP contribution < -0.4 is 16.0 Å². The maximum absolute atomic E-state index is 3.90. The van der Waals surface area contributed by atoms with E-state index in [0.29, 0.717) is 6.04 Å². The van der Waals surface area contributed by atoms with Gasteiger partial charge in [-0.3, -0.25) is 0 Å². The molecule has 3 heteroatoms. The molecule has 0 aromatic carbocycles. The number of hydrogen-bond acceptors (Lipinski definition) is 3. The van der Waals surface area contributed by atoms with Gasteiger partial charge in [0.25, 0.3) is 0 Å². The van der Waals surface area contributed by atoms with Crippen LogP contribution in [0.3, 0.4) is 0 Å².